The fraction of sp³-hybridized carbons (Fsp3) is 0.500. The number of anilines is 1. The van der Waals surface area contributed by atoms with Gasteiger partial charge in [0.2, 0.25) is 0 Å². The molecule has 0 aromatic carbocycles. The van der Waals surface area contributed by atoms with Crippen LogP contribution in [0.2, 0.25) is 0 Å². The number of nitrogens with one attached hydrogen (secondary N) is 1. The van der Waals surface area contributed by atoms with Crippen LogP contribution in [0.25, 0.3) is 21.9 Å². The highest BCUT2D eigenvalue weighted by Gasteiger charge is 2.33. The number of nitriles is 1. The Morgan fingerprint density at radius 1 is 1.21 bits per heavy atom. The molecule has 0 saturated carbocycles. The second-order valence-electron chi connectivity index (χ2n) is 8.63. The molecule has 2 N–H and O–H groups in total. The Kier molecular flexibility index (Phi) is 4.41. The summed E-state index contributed by atoms with van der Waals surface area (Å²) in [6.45, 7) is 5.68. The molecule has 2 aliphatic rings. The van der Waals surface area contributed by atoms with Crippen LogP contribution in [-0.4, -0.2) is 62.8 Å². The van der Waals surface area contributed by atoms with E-state index in [4.69, 9.17) is 0 Å². The van der Waals surface area contributed by atoms with Gasteiger partial charge in [0.05, 0.1) is 23.0 Å². The van der Waals surface area contributed by atoms with Crippen molar-refractivity contribution in [3.63, 3.8) is 0 Å². The number of nitrogens with zero attached hydrogens (tertiary/aromatic N) is 5. The maximum atomic E-state index is 10.2. The van der Waals surface area contributed by atoms with Gasteiger partial charge in [0.25, 0.3) is 0 Å². The number of aromatic nitrogens is 3. The molecule has 0 radical (unpaired) electrons. The van der Waals surface area contributed by atoms with Gasteiger partial charge in [-0.25, -0.2) is 9.97 Å². The molecule has 2 saturated heterocycles. The highest BCUT2D eigenvalue weighted by Crippen LogP contribution is 2.36. The highest BCUT2D eigenvalue weighted by molar-refractivity contribution is 6.13. The third kappa shape index (κ3) is 3.22. The lowest BCUT2D eigenvalue weighted by Gasteiger charge is -2.44. The first kappa shape index (κ1) is 18.3. The lowest BCUT2D eigenvalue weighted by atomic mass is 9.91. The summed E-state index contributed by atoms with van der Waals surface area (Å²) < 4.78 is 0. The Morgan fingerprint density at radius 2 is 1.97 bits per heavy atom. The van der Waals surface area contributed by atoms with E-state index in [1.165, 1.54) is 0 Å². The fourth-order valence-corrected chi connectivity index (χ4v) is 4.92. The van der Waals surface area contributed by atoms with Gasteiger partial charge in [-0.1, -0.05) is 0 Å². The summed E-state index contributed by atoms with van der Waals surface area (Å²) in [5, 5.41) is 22.0. The second-order valence-corrected chi connectivity index (χ2v) is 8.63. The highest BCUT2D eigenvalue weighted by atomic mass is 16.3. The number of H-pyrrole nitrogens is 1. The number of aliphatic hydroxyl groups is 1. The average molecular weight is 390 g/mol. The molecule has 0 atom stereocenters. The molecule has 7 heteroatoms. The minimum Gasteiger partial charge on any atom is -0.390 e. The van der Waals surface area contributed by atoms with E-state index < -0.39 is 5.60 Å². The van der Waals surface area contributed by atoms with Crippen molar-refractivity contribution in [2.24, 2.45) is 0 Å². The first-order valence-electron chi connectivity index (χ1n) is 10.4. The molecule has 150 valence electrons. The number of rotatable bonds is 2. The average Bonchev–Trinajstić information content (AvgIpc) is 3.12. The van der Waals surface area contributed by atoms with E-state index >= 15 is 0 Å². The van der Waals surface area contributed by atoms with E-state index in [2.05, 4.69) is 36.9 Å². The van der Waals surface area contributed by atoms with Gasteiger partial charge in [0.15, 0.2) is 5.69 Å². The maximum Gasteiger partial charge on any atom is 0.164 e. The molecule has 2 aliphatic heterocycles. The van der Waals surface area contributed by atoms with E-state index in [9.17, 15) is 10.4 Å². The summed E-state index contributed by atoms with van der Waals surface area (Å²) in [4.78, 5) is 17.1. The van der Waals surface area contributed by atoms with Crippen molar-refractivity contribution in [1.29, 1.82) is 5.26 Å². The Morgan fingerprint density at radius 3 is 2.69 bits per heavy atom. The molecular formula is C22H26N6O. The topological polar surface area (TPSA) is 92.1 Å². The first-order valence-corrected chi connectivity index (χ1v) is 10.4. The molecule has 5 heterocycles. The van der Waals surface area contributed by atoms with Crippen LogP contribution in [0.5, 0.6) is 0 Å². The molecule has 0 bridgehead atoms. The van der Waals surface area contributed by atoms with Crippen LogP contribution < -0.4 is 4.90 Å². The zero-order chi connectivity index (χ0) is 20.0. The SMILES string of the molecule is CC1(O)CCN(C2CCN(c3c(C#N)ncc4[nH]c5ncccc5c34)CC2)CC1. The summed E-state index contributed by atoms with van der Waals surface area (Å²) >= 11 is 0. The van der Waals surface area contributed by atoms with Crippen LogP contribution in [0.1, 0.15) is 38.3 Å². The molecule has 29 heavy (non-hydrogen) atoms. The van der Waals surface area contributed by atoms with E-state index in [0.29, 0.717) is 11.7 Å². The predicted octanol–water partition coefficient (Wildman–Crippen LogP) is 2.80. The number of fused-ring (bicyclic) bond motifs is 3. The number of aromatic amines is 1. The molecule has 3 aromatic heterocycles. The zero-order valence-electron chi connectivity index (χ0n) is 16.7. The Bertz CT molecular complexity index is 1080. The zero-order valence-corrected chi connectivity index (χ0v) is 16.7. The minimum absolute atomic E-state index is 0.481. The molecule has 0 amide bonds. The molecule has 2 fully saturated rings. The van der Waals surface area contributed by atoms with Crippen molar-refractivity contribution in [2.75, 3.05) is 31.1 Å². The molecule has 0 spiro atoms. The summed E-state index contributed by atoms with van der Waals surface area (Å²) in [6.07, 6.45) is 7.33. The summed E-state index contributed by atoms with van der Waals surface area (Å²) in [7, 11) is 0. The quantitative estimate of drug-likeness (QED) is 0.699. The van der Waals surface area contributed by atoms with Crippen molar-refractivity contribution >= 4 is 27.6 Å². The van der Waals surface area contributed by atoms with Crippen LogP contribution in [0.4, 0.5) is 5.69 Å². The van der Waals surface area contributed by atoms with Crippen LogP contribution in [0, 0.1) is 11.3 Å². The first-order chi connectivity index (χ1) is 14.1. The van der Waals surface area contributed by atoms with Crippen molar-refractivity contribution in [3.05, 3.63) is 30.2 Å². The smallest absolute Gasteiger partial charge is 0.164 e. The van der Waals surface area contributed by atoms with Gasteiger partial charge >= 0.3 is 0 Å². The second kappa shape index (κ2) is 6.97. The van der Waals surface area contributed by atoms with Crippen LogP contribution in [-0.2, 0) is 0 Å². The van der Waals surface area contributed by atoms with Crippen molar-refractivity contribution in [3.8, 4) is 6.07 Å². The van der Waals surface area contributed by atoms with Gasteiger partial charge in [-0.05, 0) is 44.7 Å². The number of pyridine rings is 2. The van der Waals surface area contributed by atoms with Crippen molar-refractivity contribution in [2.45, 2.75) is 44.2 Å². The number of hydrogen-bond acceptors (Lipinski definition) is 6. The van der Waals surface area contributed by atoms with Crippen LogP contribution >= 0.6 is 0 Å². The number of likely N-dealkylation sites (tertiary alicyclic amines) is 1. The monoisotopic (exact) mass is 390 g/mol. The summed E-state index contributed by atoms with van der Waals surface area (Å²) in [5.74, 6) is 0. The molecule has 3 aromatic rings. The molecular weight excluding hydrogens is 364 g/mol. The van der Waals surface area contributed by atoms with Crippen LogP contribution in [0.3, 0.4) is 0 Å². The largest absolute Gasteiger partial charge is 0.390 e. The molecule has 7 nitrogen and oxygen atoms in total. The summed E-state index contributed by atoms with van der Waals surface area (Å²) in [5.41, 5.74) is 2.66. The van der Waals surface area contributed by atoms with Crippen molar-refractivity contribution in [1.82, 2.24) is 19.9 Å². The lowest BCUT2D eigenvalue weighted by molar-refractivity contribution is -0.0192. The van der Waals surface area contributed by atoms with Crippen molar-refractivity contribution < 1.29 is 5.11 Å². The van der Waals surface area contributed by atoms with Gasteiger partial charge in [0.1, 0.15) is 11.7 Å². The lowest BCUT2D eigenvalue weighted by Crippen LogP contribution is -2.50. The summed E-state index contributed by atoms with van der Waals surface area (Å²) in [6, 6.07) is 6.83. The molecule has 0 unspecified atom stereocenters. The number of hydrogen-bond donors (Lipinski definition) is 2. The predicted molar refractivity (Wildman–Crippen MR) is 113 cm³/mol. The van der Waals surface area contributed by atoms with E-state index in [0.717, 1.165) is 79.5 Å². The fourth-order valence-electron chi connectivity index (χ4n) is 4.92. The maximum absolute atomic E-state index is 10.2. The Labute approximate surface area is 170 Å². The van der Waals surface area contributed by atoms with Crippen LogP contribution in [0.15, 0.2) is 24.5 Å². The van der Waals surface area contributed by atoms with Gasteiger partial charge in [0, 0.05) is 49.2 Å². The van der Waals surface area contributed by atoms with E-state index in [1.54, 1.807) is 12.4 Å². The Hall–Kier alpha value is -2.69. The molecule has 0 aliphatic carbocycles. The molecule has 5 rings (SSSR count). The minimum atomic E-state index is -0.510. The third-order valence-electron chi connectivity index (χ3n) is 6.66. The Balaban J connectivity index is 1.43. The van der Waals surface area contributed by atoms with Gasteiger partial charge < -0.3 is 19.9 Å². The van der Waals surface area contributed by atoms with E-state index in [-0.39, 0.29) is 0 Å². The van der Waals surface area contributed by atoms with Gasteiger partial charge in [-0.2, -0.15) is 5.26 Å². The normalized spacial score (nSPS) is 20.9. The third-order valence-corrected chi connectivity index (χ3v) is 6.66. The standard InChI is InChI=1S/C22H26N6O/c1-22(29)6-11-27(12-7-22)15-4-9-28(10-5-15)20-17(13-23)25-14-18-19(20)16-3-2-8-24-21(16)26-18/h2-3,8,14-15,29H,4-7,9-12H2,1H3,(H,24,26). The number of piperidine rings is 2. The van der Waals surface area contributed by atoms with E-state index in [1.807, 2.05) is 13.0 Å². The van der Waals surface area contributed by atoms with Gasteiger partial charge in [-0.15, -0.1) is 0 Å². The van der Waals surface area contributed by atoms with Gasteiger partial charge in [-0.3, -0.25) is 0 Å².